The van der Waals surface area contributed by atoms with Gasteiger partial charge in [0.15, 0.2) is 0 Å². The van der Waals surface area contributed by atoms with Gasteiger partial charge in [-0.25, -0.2) is 0 Å². The Balaban J connectivity index is 0.000000108. The van der Waals surface area contributed by atoms with Gasteiger partial charge >= 0.3 is 0 Å². The highest BCUT2D eigenvalue weighted by Crippen LogP contribution is 2.31. The maximum Gasteiger partial charge on any atom is 0.138 e. The van der Waals surface area contributed by atoms with E-state index in [4.69, 9.17) is 8.83 Å². The molecule has 83 heavy (non-hydrogen) atoms. The predicted molar refractivity (Wildman–Crippen MR) is 349 cm³/mol. The Bertz CT molecular complexity index is 4520. The highest BCUT2D eigenvalue weighted by atomic mass is 16.3. The molecule has 9 aromatic carbocycles. The first kappa shape index (κ1) is 55.9. The van der Waals surface area contributed by atoms with Gasteiger partial charge in [0.25, 0.3) is 0 Å². The lowest BCUT2D eigenvalue weighted by Crippen LogP contribution is -1.80. The molecule has 0 atom stereocenters. The van der Waals surface area contributed by atoms with Gasteiger partial charge in [0.2, 0.25) is 0 Å². The third-order valence-electron chi connectivity index (χ3n) is 14.1. The summed E-state index contributed by atoms with van der Waals surface area (Å²) in [6.45, 7) is 14.6. The Morgan fingerprint density at radius 1 is 0.265 bits per heavy atom. The Morgan fingerprint density at radius 3 is 1.42 bits per heavy atom. The third kappa shape index (κ3) is 14.2. The van der Waals surface area contributed by atoms with Gasteiger partial charge in [-0.3, -0.25) is 24.9 Å². The van der Waals surface area contributed by atoms with E-state index in [9.17, 15) is 0 Å². The lowest BCUT2D eigenvalue weighted by atomic mass is 10.1. The largest absolute Gasteiger partial charge is 0.456 e. The minimum Gasteiger partial charge on any atom is -0.456 e. The molecule has 0 saturated heterocycles. The van der Waals surface area contributed by atoms with Gasteiger partial charge in [0.1, 0.15) is 22.3 Å². The van der Waals surface area contributed by atoms with E-state index in [0.29, 0.717) is 0 Å². The summed E-state index contributed by atoms with van der Waals surface area (Å²) in [5, 5.41) is 12.2. The number of furan rings is 2. The zero-order valence-electron chi connectivity index (χ0n) is 48.0. The van der Waals surface area contributed by atoms with E-state index in [0.717, 1.165) is 44.4 Å². The number of benzene rings is 9. The Kier molecular flexibility index (Phi) is 18.0. The highest BCUT2D eigenvalue weighted by Gasteiger charge is 2.07. The summed E-state index contributed by atoms with van der Waals surface area (Å²) >= 11 is 0. The second-order valence-electron chi connectivity index (χ2n) is 20.6. The van der Waals surface area contributed by atoms with Gasteiger partial charge in [-0.1, -0.05) is 163 Å². The van der Waals surface area contributed by atoms with Crippen LogP contribution in [0, 0.1) is 48.5 Å². The van der Waals surface area contributed by atoms with Crippen LogP contribution in [0.2, 0.25) is 0 Å². The lowest BCUT2D eigenvalue weighted by molar-refractivity contribution is 0.666. The molecule has 0 aliphatic heterocycles. The number of hydrogen-bond acceptors (Lipinski definition) is 7. The molecule has 0 aliphatic rings. The van der Waals surface area contributed by atoms with Crippen molar-refractivity contribution in [1.29, 1.82) is 0 Å². The smallest absolute Gasteiger partial charge is 0.138 e. The van der Waals surface area contributed by atoms with Crippen molar-refractivity contribution in [1.82, 2.24) is 24.9 Å². The van der Waals surface area contributed by atoms with E-state index >= 15 is 0 Å². The number of hydrogen-bond donors (Lipinski definition) is 0. The average Bonchev–Trinajstić information content (AvgIpc) is 4.16. The number of aryl methyl sites for hydroxylation is 7. The van der Waals surface area contributed by atoms with Crippen LogP contribution in [0.15, 0.2) is 277 Å². The molecule has 7 heteroatoms. The first-order valence-electron chi connectivity index (χ1n) is 27.8. The molecule has 0 N–H and O–H groups in total. The van der Waals surface area contributed by atoms with Gasteiger partial charge in [0.05, 0.1) is 22.1 Å². The predicted octanol–water partition coefficient (Wildman–Crippen LogP) is 20.5. The van der Waals surface area contributed by atoms with Crippen molar-refractivity contribution in [3.8, 4) is 0 Å². The van der Waals surface area contributed by atoms with Gasteiger partial charge in [-0.05, 0) is 160 Å². The molecule has 0 fully saturated rings. The average molecular weight is 1080 g/mol. The number of pyridine rings is 5. The van der Waals surface area contributed by atoms with Crippen LogP contribution < -0.4 is 0 Å². The molecule has 7 aromatic heterocycles. The maximum absolute atomic E-state index is 5.78. The maximum atomic E-state index is 5.78. The van der Waals surface area contributed by atoms with Crippen molar-refractivity contribution >= 4 is 98.3 Å². The zero-order chi connectivity index (χ0) is 57.5. The third-order valence-corrected chi connectivity index (χ3v) is 14.1. The molecule has 0 bridgehead atoms. The van der Waals surface area contributed by atoms with Crippen molar-refractivity contribution < 1.29 is 8.83 Å². The monoisotopic (exact) mass is 1080 g/mol. The number of fused-ring (bicyclic) bond motifs is 11. The molecule has 16 aromatic rings. The first-order valence-corrected chi connectivity index (χ1v) is 27.8. The Labute approximate surface area is 484 Å². The molecule has 0 amide bonds. The Hall–Kier alpha value is -10.4. The van der Waals surface area contributed by atoms with Crippen LogP contribution in [0.1, 0.15) is 38.9 Å². The minimum atomic E-state index is 0.966. The summed E-state index contributed by atoms with van der Waals surface area (Å²) in [5.41, 5.74) is 17.0. The van der Waals surface area contributed by atoms with Crippen LogP contribution >= 0.6 is 0 Å². The molecular weight excluding hydrogens is 1010 g/mol. The summed E-state index contributed by atoms with van der Waals surface area (Å²) in [7, 11) is 0. The normalized spacial score (nSPS) is 10.6. The van der Waals surface area contributed by atoms with Gasteiger partial charge < -0.3 is 8.83 Å². The van der Waals surface area contributed by atoms with E-state index < -0.39 is 0 Å². The van der Waals surface area contributed by atoms with E-state index in [1.54, 1.807) is 0 Å². The molecular formula is C76H65N5O2. The van der Waals surface area contributed by atoms with Crippen LogP contribution in [0.3, 0.4) is 0 Å². The quantitative estimate of drug-likeness (QED) is 0.149. The molecule has 0 aliphatic carbocycles. The van der Waals surface area contributed by atoms with Gasteiger partial charge in [0, 0.05) is 85.7 Å². The molecule has 16 rings (SSSR count). The minimum absolute atomic E-state index is 0.966. The molecule has 0 radical (unpaired) electrons. The molecule has 7 heterocycles. The van der Waals surface area contributed by atoms with Crippen molar-refractivity contribution in [2.75, 3.05) is 0 Å². The zero-order valence-corrected chi connectivity index (χ0v) is 48.0. The van der Waals surface area contributed by atoms with Crippen LogP contribution in [-0.2, 0) is 0 Å². The number of aromatic nitrogens is 5. The molecule has 406 valence electrons. The van der Waals surface area contributed by atoms with E-state index in [-0.39, 0.29) is 0 Å². The number of para-hydroxylation sites is 4. The summed E-state index contributed by atoms with van der Waals surface area (Å²) in [6.07, 6.45) is 11.0. The van der Waals surface area contributed by atoms with Crippen molar-refractivity contribution in [2.45, 2.75) is 48.5 Å². The first-order chi connectivity index (χ1) is 40.5. The van der Waals surface area contributed by atoms with Crippen molar-refractivity contribution in [3.63, 3.8) is 0 Å². The van der Waals surface area contributed by atoms with Crippen molar-refractivity contribution in [2.24, 2.45) is 0 Å². The fourth-order valence-electron chi connectivity index (χ4n) is 9.81. The van der Waals surface area contributed by atoms with Crippen LogP contribution in [0.25, 0.3) is 98.3 Å². The fraction of sp³-hybridized carbons (Fsp3) is 0.0921. The van der Waals surface area contributed by atoms with Crippen LogP contribution in [0.4, 0.5) is 0 Å². The topological polar surface area (TPSA) is 90.7 Å². The van der Waals surface area contributed by atoms with E-state index in [1.807, 2.05) is 110 Å². The van der Waals surface area contributed by atoms with Gasteiger partial charge in [-0.15, -0.1) is 0 Å². The lowest BCUT2D eigenvalue weighted by Gasteiger charge is -1.98. The molecule has 0 spiro atoms. The van der Waals surface area contributed by atoms with Crippen molar-refractivity contribution in [3.05, 3.63) is 307 Å². The second kappa shape index (κ2) is 26.7. The molecule has 0 saturated carbocycles. The number of rotatable bonds is 0. The van der Waals surface area contributed by atoms with Gasteiger partial charge in [-0.2, -0.15) is 0 Å². The molecule has 7 nitrogen and oxygen atoms in total. The summed E-state index contributed by atoms with van der Waals surface area (Å²) in [5.74, 6) is 0. The second-order valence-corrected chi connectivity index (χ2v) is 20.6. The number of nitrogens with zero attached hydrogens (tertiary/aromatic N) is 5. The summed E-state index contributed by atoms with van der Waals surface area (Å²) < 4.78 is 11.5. The highest BCUT2D eigenvalue weighted by molar-refractivity contribution is 6.06. The van der Waals surface area contributed by atoms with E-state index in [2.05, 4.69) is 231 Å². The standard InChI is InChI=1S/2C13H10O.5C10H9N/c1-9-5-4-7-11-10-6-2-3-8-12(10)14-13(9)11;1-9-6-7-11-10-4-2-3-5-12(10)14-13(11)8-9;1-8-4-2-5-9-6-3-7-11-10(8)9;1-8-4-5-10-9(7-8)3-2-6-11-10;2*1-8-4-5-9-3-2-6-11-10(9)7-8;1-8-3-2-4-9-7-11-6-5-10(8)9/h2*2-8H,1H3;5*2-7H,1H3. The molecule has 0 unspecified atom stereocenters. The summed E-state index contributed by atoms with van der Waals surface area (Å²) in [6, 6.07) is 78.3. The van der Waals surface area contributed by atoms with Crippen LogP contribution in [-0.4, -0.2) is 24.9 Å². The Morgan fingerprint density at radius 2 is 0.747 bits per heavy atom. The fourth-order valence-corrected chi connectivity index (χ4v) is 9.81. The SMILES string of the molecule is Cc1ccc2c(c1)oc1ccccc12.Cc1ccc2cccnc2c1.Cc1ccc2cccnc2c1.Cc1ccc2ncccc2c1.Cc1cccc2c1oc1ccccc12.Cc1cccc2cccnc12.Cc1cccc2cnccc12. The van der Waals surface area contributed by atoms with Crippen LogP contribution in [0.5, 0.6) is 0 Å². The summed E-state index contributed by atoms with van der Waals surface area (Å²) in [4.78, 5) is 21.0. The van der Waals surface area contributed by atoms with E-state index in [1.165, 1.54) is 92.8 Å².